The number of nitrogens with zero attached hydrogens (tertiary/aromatic N) is 4. The highest BCUT2D eigenvalue weighted by molar-refractivity contribution is 5.88. The number of carbonyl (C=O) groups is 2. The standard InChI is InChI=1S/C17H28N6O2/c1-12(2)5-8-22-9-6-18-17(25)13(22)10-16(24)19-11-15-21-20-14-4-3-7-23(14)15/h12-13H,3-11H2,1-2H3,(H,18,25)(H,19,24)/t13-/m0/s1. The third kappa shape index (κ3) is 4.36. The largest absolute Gasteiger partial charge is 0.353 e. The summed E-state index contributed by atoms with van der Waals surface area (Å²) in [6, 6.07) is -0.378. The van der Waals surface area contributed by atoms with E-state index in [4.69, 9.17) is 0 Å². The summed E-state index contributed by atoms with van der Waals surface area (Å²) in [6.45, 7) is 7.93. The number of fused-ring (bicyclic) bond motifs is 1. The van der Waals surface area contributed by atoms with Crippen LogP contribution in [0.25, 0.3) is 0 Å². The van der Waals surface area contributed by atoms with Gasteiger partial charge in [-0.2, -0.15) is 0 Å². The second-order valence-electron chi connectivity index (χ2n) is 7.29. The third-order valence-corrected chi connectivity index (χ3v) is 4.94. The van der Waals surface area contributed by atoms with E-state index in [1.807, 2.05) is 0 Å². The van der Waals surface area contributed by atoms with Crippen molar-refractivity contribution in [3.05, 3.63) is 11.6 Å². The Bertz CT molecular complexity index is 627. The number of hydrogen-bond acceptors (Lipinski definition) is 5. The monoisotopic (exact) mass is 348 g/mol. The van der Waals surface area contributed by atoms with Crippen LogP contribution in [0.1, 0.15) is 44.8 Å². The molecule has 1 fully saturated rings. The first kappa shape index (κ1) is 17.8. The van der Waals surface area contributed by atoms with Crippen molar-refractivity contribution in [2.24, 2.45) is 5.92 Å². The van der Waals surface area contributed by atoms with Crippen LogP contribution >= 0.6 is 0 Å². The molecule has 3 rings (SSSR count). The molecule has 2 aliphatic heterocycles. The summed E-state index contributed by atoms with van der Waals surface area (Å²) in [5.41, 5.74) is 0. The van der Waals surface area contributed by atoms with Gasteiger partial charge in [0.25, 0.3) is 0 Å². The molecule has 2 aliphatic rings. The summed E-state index contributed by atoms with van der Waals surface area (Å²) in [5, 5.41) is 14.1. The van der Waals surface area contributed by atoms with E-state index in [0.29, 0.717) is 19.0 Å². The number of aryl methyl sites for hydroxylation is 1. The summed E-state index contributed by atoms with van der Waals surface area (Å²) < 4.78 is 2.07. The minimum atomic E-state index is -0.378. The van der Waals surface area contributed by atoms with Gasteiger partial charge in [-0.25, -0.2) is 0 Å². The zero-order chi connectivity index (χ0) is 17.8. The SMILES string of the molecule is CC(C)CCN1CCNC(=O)[C@@H]1CC(=O)NCc1nnc2n1CCC2. The van der Waals surface area contributed by atoms with Gasteiger partial charge in [-0.1, -0.05) is 13.8 Å². The zero-order valence-corrected chi connectivity index (χ0v) is 15.1. The summed E-state index contributed by atoms with van der Waals surface area (Å²) in [5.74, 6) is 2.20. The predicted octanol–water partition coefficient (Wildman–Crippen LogP) is 0.0771. The average molecular weight is 348 g/mol. The third-order valence-electron chi connectivity index (χ3n) is 4.94. The van der Waals surface area contributed by atoms with Crippen molar-refractivity contribution < 1.29 is 9.59 Å². The second-order valence-corrected chi connectivity index (χ2v) is 7.29. The molecule has 2 amide bonds. The van der Waals surface area contributed by atoms with Gasteiger partial charge in [-0.3, -0.25) is 14.5 Å². The van der Waals surface area contributed by atoms with Crippen molar-refractivity contribution in [3.63, 3.8) is 0 Å². The van der Waals surface area contributed by atoms with Crippen molar-refractivity contribution in [2.75, 3.05) is 19.6 Å². The normalized spacial score (nSPS) is 20.6. The van der Waals surface area contributed by atoms with Crippen LogP contribution in [-0.2, 0) is 29.1 Å². The van der Waals surface area contributed by atoms with E-state index in [1.54, 1.807) is 0 Å². The topological polar surface area (TPSA) is 92.2 Å². The van der Waals surface area contributed by atoms with Gasteiger partial charge in [-0.15, -0.1) is 10.2 Å². The Kier molecular flexibility index (Phi) is 5.67. The van der Waals surface area contributed by atoms with Crippen molar-refractivity contribution in [2.45, 2.75) is 58.7 Å². The Labute approximate surface area is 148 Å². The molecule has 0 unspecified atom stereocenters. The molecular formula is C17H28N6O2. The number of piperazine rings is 1. The summed E-state index contributed by atoms with van der Waals surface area (Å²) >= 11 is 0. The van der Waals surface area contributed by atoms with Crippen LogP contribution in [0.2, 0.25) is 0 Å². The lowest BCUT2D eigenvalue weighted by molar-refractivity contribution is -0.134. The van der Waals surface area contributed by atoms with Gasteiger partial charge in [0.2, 0.25) is 11.8 Å². The highest BCUT2D eigenvalue weighted by Crippen LogP contribution is 2.14. The minimum Gasteiger partial charge on any atom is -0.353 e. The Morgan fingerprint density at radius 2 is 2.20 bits per heavy atom. The van der Waals surface area contributed by atoms with E-state index < -0.39 is 0 Å². The van der Waals surface area contributed by atoms with E-state index in [-0.39, 0.29) is 24.3 Å². The van der Waals surface area contributed by atoms with Crippen LogP contribution in [0.5, 0.6) is 0 Å². The first-order chi connectivity index (χ1) is 12.0. The van der Waals surface area contributed by atoms with Crippen molar-refractivity contribution in [1.29, 1.82) is 0 Å². The second kappa shape index (κ2) is 7.95. The maximum Gasteiger partial charge on any atom is 0.237 e. The highest BCUT2D eigenvalue weighted by atomic mass is 16.2. The van der Waals surface area contributed by atoms with Crippen molar-refractivity contribution in [3.8, 4) is 0 Å². The molecule has 2 N–H and O–H groups in total. The lowest BCUT2D eigenvalue weighted by atomic mass is 10.1. The van der Waals surface area contributed by atoms with Crippen LogP contribution in [0.3, 0.4) is 0 Å². The maximum absolute atomic E-state index is 12.4. The number of rotatable bonds is 7. The average Bonchev–Trinajstić information content (AvgIpc) is 3.17. The van der Waals surface area contributed by atoms with Crippen LogP contribution in [-0.4, -0.2) is 57.2 Å². The van der Waals surface area contributed by atoms with Gasteiger partial charge >= 0.3 is 0 Å². The summed E-state index contributed by atoms with van der Waals surface area (Å²) in [7, 11) is 0. The van der Waals surface area contributed by atoms with Crippen LogP contribution in [0, 0.1) is 5.92 Å². The Hall–Kier alpha value is -1.96. The first-order valence-electron chi connectivity index (χ1n) is 9.24. The predicted molar refractivity (Wildman–Crippen MR) is 92.6 cm³/mol. The number of aromatic nitrogens is 3. The molecule has 3 heterocycles. The molecule has 0 saturated carbocycles. The lowest BCUT2D eigenvalue weighted by Crippen LogP contribution is -2.56. The van der Waals surface area contributed by atoms with Gasteiger partial charge in [0.05, 0.1) is 19.0 Å². The Balaban J connectivity index is 1.53. The zero-order valence-electron chi connectivity index (χ0n) is 15.1. The smallest absolute Gasteiger partial charge is 0.237 e. The molecule has 0 radical (unpaired) electrons. The summed E-state index contributed by atoms with van der Waals surface area (Å²) in [6.07, 6.45) is 3.25. The molecule has 8 heteroatoms. The number of nitrogens with one attached hydrogen (secondary N) is 2. The fourth-order valence-corrected chi connectivity index (χ4v) is 3.44. The van der Waals surface area contributed by atoms with E-state index in [9.17, 15) is 9.59 Å². The molecule has 1 aromatic rings. The molecule has 0 aliphatic carbocycles. The number of amides is 2. The summed E-state index contributed by atoms with van der Waals surface area (Å²) in [4.78, 5) is 26.7. The van der Waals surface area contributed by atoms with Gasteiger partial charge in [-0.05, 0) is 25.3 Å². The quantitative estimate of drug-likeness (QED) is 0.728. The highest BCUT2D eigenvalue weighted by Gasteiger charge is 2.31. The maximum atomic E-state index is 12.4. The molecular weight excluding hydrogens is 320 g/mol. The molecule has 8 nitrogen and oxygen atoms in total. The number of hydrogen-bond donors (Lipinski definition) is 2. The number of carbonyl (C=O) groups excluding carboxylic acids is 2. The van der Waals surface area contributed by atoms with E-state index in [0.717, 1.165) is 50.5 Å². The molecule has 1 aromatic heterocycles. The van der Waals surface area contributed by atoms with Gasteiger partial charge in [0, 0.05) is 26.1 Å². The van der Waals surface area contributed by atoms with Crippen LogP contribution in [0.15, 0.2) is 0 Å². The van der Waals surface area contributed by atoms with E-state index >= 15 is 0 Å². The van der Waals surface area contributed by atoms with Crippen molar-refractivity contribution >= 4 is 11.8 Å². The van der Waals surface area contributed by atoms with Gasteiger partial charge < -0.3 is 15.2 Å². The minimum absolute atomic E-state index is 0.0477. The van der Waals surface area contributed by atoms with E-state index in [2.05, 4.69) is 44.1 Å². The fourth-order valence-electron chi connectivity index (χ4n) is 3.44. The molecule has 0 spiro atoms. The molecule has 138 valence electrons. The lowest BCUT2D eigenvalue weighted by Gasteiger charge is -2.35. The fraction of sp³-hybridized carbons (Fsp3) is 0.765. The van der Waals surface area contributed by atoms with Crippen LogP contribution in [0.4, 0.5) is 0 Å². The molecule has 1 saturated heterocycles. The van der Waals surface area contributed by atoms with Crippen LogP contribution < -0.4 is 10.6 Å². The van der Waals surface area contributed by atoms with E-state index in [1.165, 1.54) is 0 Å². The molecule has 1 atom stereocenters. The molecule has 25 heavy (non-hydrogen) atoms. The Morgan fingerprint density at radius 3 is 3.00 bits per heavy atom. The van der Waals surface area contributed by atoms with Gasteiger partial charge in [0.1, 0.15) is 5.82 Å². The molecule has 0 aromatic carbocycles. The van der Waals surface area contributed by atoms with Gasteiger partial charge in [0.15, 0.2) is 5.82 Å². The Morgan fingerprint density at radius 1 is 1.36 bits per heavy atom. The molecule has 0 bridgehead atoms. The first-order valence-corrected chi connectivity index (χ1v) is 9.24. The van der Waals surface area contributed by atoms with Crippen molar-refractivity contribution in [1.82, 2.24) is 30.3 Å².